The molecule has 1 aromatic heterocycles. The third-order valence-electron chi connectivity index (χ3n) is 1.77. The minimum Gasteiger partial charge on any atom is -0.308 e. The molecule has 1 aromatic rings. The van der Waals surface area contributed by atoms with Gasteiger partial charge in [0.15, 0.2) is 0 Å². The molecule has 1 nitrogen and oxygen atoms in total. The van der Waals surface area contributed by atoms with Crippen LogP contribution in [0.15, 0.2) is 23.6 Å². The molecule has 0 saturated heterocycles. The summed E-state index contributed by atoms with van der Waals surface area (Å²) in [7, 11) is 0. The van der Waals surface area contributed by atoms with Crippen LogP contribution in [0.1, 0.15) is 10.4 Å². The van der Waals surface area contributed by atoms with Crippen LogP contribution >= 0.6 is 22.9 Å². The molecule has 0 radical (unpaired) electrons. The maximum absolute atomic E-state index is 5.49. The van der Waals surface area contributed by atoms with Crippen LogP contribution in [0, 0.1) is 6.92 Å². The molecule has 0 aliphatic carbocycles. The number of rotatable bonds is 5. The highest BCUT2D eigenvalue weighted by Gasteiger charge is 1.96. The molecule has 0 atom stereocenters. The van der Waals surface area contributed by atoms with Gasteiger partial charge in [-0.05, 0) is 23.9 Å². The fraction of sp³-hybridized carbons (Fsp3) is 0.400. The fourth-order valence-corrected chi connectivity index (χ4v) is 2.00. The summed E-state index contributed by atoms with van der Waals surface area (Å²) >= 11 is 7.29. The van der Waals surface area contributed by atoms with Crippen molar-refractivity contribution in [3.05, 3.63) is 34.0 Å². The molecule has 72 valence electrons. The Bertz CT molecular complexity index is 268. The molecular weight excluding hydrogens is 202 g/mol. The van der Waals surface area contributed by atoms with Crippen molar-refractivity contribution in [1.29, 1.82) is 0 Å². The fourth-order valence-electron chi connectivity index (χ4n) is 1.00. The number of hydrogen-bond donors (Lipinski definition) is 1. The highest BCUT2D eigenvalue weighted by molar-refractivity contribution is 7.10. The van der Waals surface area contributed by atoms with Crippen molar-refractivity contribution in [2.75, 3.05) is 12.4 Å². The Morgan fingerprint density at radius 1 is 1.54 bits per heavy atom. The minimum atomic E-state index is 0.597. The third-order valence-corrected chi connectivity index (χ3v) is 2.97. The number of allylic oxidation sites excluding steroid dienone is 1. The number of halogens is 1. The second-order valence-electron chi connectivity index (χ2n) is 2.78. The molecule has 0 fully saturated rings. The standard InChI is InChI=1S/C10H14ClNS/c1-9-4-7-13-10(9)8-12-6-3-2-5-11/h2-4,7,12H,5-6,8H2,1H3/b3-2+. The largest absolute Gasteiger partial charge is 0.308 e. The van der Waals surface area contributed by atoms with E-state index < -0.39 is 0 Å². The average Bonchev–Trinajstić information content (AvgIpc) is 2.52. The van der Waals surface area contributed by atoms with E-state index >= 15 is 0 Å². The molecule has 0 aliphatic rings. The van der Waals surface area contributed by atoms with Gasteiger partial charge in [-0.3, -0.25) is 0 Å². The topological polar surface area (TPSA) is 12.0 Å². The van der Waals surface area contributed by atoms with Crippen LogP contribution in [0.5, 0.6) is 0 Å². The lowest BCUT2D eigenvalue weighted by Crippen LogP contribution is -2.12. The number of hydrogen-bond acceptors (Lipinski definition) is 2. The van der Waals surface area contributed by atoms with E-state index in [2.05, 4.69) is 29.8 Å². The molecule has 0 spiro atoms. The summed E-state index contributed by atoms with van der Waals surface area (Å²) in [6.45, 7) is 3.99. The van der Waals surface area contributed by atoms with Gasteiger partial charge in [-0.2, -0.15) is 0 Å². The van der Waals surface area contributed by atoms with E-state index in [0.717, 1.165) is 13.1 Å². The molecule has 0 amide bonds. The molecule has 1 rings (SSSR count). The summed E-state index contributed by atoms with van der Waals surface area (Å²) in [4.78, 5) is 1.42. The molecule has 0 aromatic carbocycles. The lowest BCUT2D eigenvalue weighted by Gasteiger charge is -1.99. The van der Waals surface area contributed by atoms with Crippen LogP contribution in [0.4, 0.5) is 0 Å². The van der Waals surface area contributed by atoms with Gasteiger partial charge >= 0.3 is 0 Å². The highest BCUT2D eigenvalue weighted by Crippen LogP contribution is 2.14. The SMILES string of the molecule is Cc1ccsc1CNC/C=C/CCl. The van der Waals surface area contributed by atoms with Gasteiger partial charge in [0.25, 0.3) is 0 Å². The smallest absolute Gasteiger partial charge is 0.0404 e. The Hall–Kier alpha value is -0.310. The molecule has 1 heterocycles. The number of thiophene rings is 1. The van der Waals surface area contributed by atoms with Crippen molar-refractivity contribution >= 4 is 22.9 Å². The maximum Gasteiger partial charge on any atom is 0.0404 e. The normalized spacial score (nSPS) is 11.2. The molecule has 13 heavy (non-hydrogen) atoms. The Labute approximate surface area is 88.4 Å². The van der Waals surface area contributed by atoms with E-state index in [1.807, 2.05) is 6.08 Å². The molecule has 1 N–H and O–H groups in total. The van der Waals surface area contributed by atoms with Gasteiger partial charge in [0.2, 0.25) is 0 Å². The molecule has 0 bridgehead atoms. The molecule has 3 heteroatoms. The number of nitrogens with one attached hydrogen (secondary N) is 1. The van der Waals surface area contributed by atoms with E-state index in [9.17, 15) is 0 Å². The zero-order valence-corrected chi connectivity index (χ0v) is 9.29. The second kappa shape index (κ2) is 6.19. The van der Waals surface area contributed by atoms with Gasteiger partial charge in [-0.1, -0.05) is 12.2 Å². The third kappa shape index (κ3) is 3.94. The summed E-state index contributed by atoms with van der Waals surface area (Å²) in [5.74, 6) is 0.597. The monoisotopic (exact) mass is 215 g/mol. The Morgan fingerprint density at radius 2 is 2.38 bits per heavy atom. The van der Waals surface area contributed by atoms with Crippen LogP contribution in [0.2, 0.25) is 0 Å². The molecule has 0 unspecified atom stereocenters. The highest BCUT2D eigenvalue weighted by atomic mass is 35.5. The molecule has 0 saturated carbocycles. The Morgan fingerprint density at radius 3 is 3.00 bits per heavy atom. The summed E-state index contributed by atoms with van der Waals surface area (Å²) in [5.41, 5.74) is 1.37. The summed E-state index contributed by atoms with van der Waals surface area (Å²) < 4.78 is 0. The van der Waals surface area contributed by atoms with E-state index in [4.69, 9.17) is 11.6 Å². The van der Waals surface area contributed by atoms with Crippen molar-refractivity contribution in [2.24, 2.45) is 0 Å². The number of aryl methyl sites for hydroxylation is 1. The first-order chi connectivity index (χ1) is 6.34. The van der Waals surface area contributed by atoms with Crippen molar-refractivity contribution in [3.8, 4) is 0 Å². The van der Waals surface area contributed by atoms with Gasteiger partial charge in [-0.25, -0.2) is 0 Å². The molecular formula is C10H14ClNS. The first-order valence-electron chi connectivity index (χ1n) is 4.29. The van der Waals surface area contributed by atoms with Gasteiger partial charge in [0.1, 0.15) is 0 Å². The van der Waals surface area contributed by atoms with Crippen LogP contribution < -0.4 is 5.32 Å². The van der Waals surface area contributed by atoms with Gasteiger partial charge < -0.3 is 5.32 Å². The van der Waals surface area contributed by atoms with Gasteiger partial charge in [0, 0.05) is 23.8 Å². The zero-order valence-electron chi connectivity index (χ0n) is 7.72. The number of alkyl halides is 1. The van der Waals surface area contributed by atoms with E-state index in [1.165, 1.54) is 10.4 Å². The van der Waals surface area contributed by atoms with Gasteiger partial charge in [-0.15, -0.1) is 22.9 Å². The predicted molar refractivity (Wildman–Crippen MR) is 60.6 cm³/mol. The van der Waals surface area contributed by atoms with Crippen molar-refractivity contribution in [2.45, 2.75) is 13.5 Å². The van der Waals surface area contributed by atoms with Crippen molar-refractivity contribution in [3.63, 3.8) is 0 Å². The minimum absolute atomic E-state index is 0.597. The summed E-state index contributed by atoms with van der Waals surface area (Å²) in [6, 6.07) is 2.15. The quantitative estimate of drug-likeness (QED) is 0.453. The van der Waals surface area contributed by atoms with Crippen LogP contribution in [-0.4, -0.2) is 12.4 Å². The zero-order chi connectivity index (χ0) is 9.52. The second-order valence-corrected chi connectivity index (χ2v) is 4.09. The summed E-state index contributed by atoms with van der Waals surface area (Å²) in [5, 5.41) is 5.45. The van der Waals surface area contributed by atoms with Crippen molar-refractivity contribution < 1.29 is 0 Å². The van der Waals surface area contributed by atoms with E-state index in [0.29, 0.717) is 5.88 Å². The van der Waals surface area contributed by atoms with Crippen LogP contribution in [0.25, 0.3) is 0 Å². The lowest BCUT2D eigenvalue weighted by molar-refractivity contribution is 0.766. The Balaban J connectivity index is 2.20. The van der Waals surface area contributed by atoms with Crippen LogP contribution in [0.3, 0.4) is 0 Å². The van der Waals surface area contributed by atoms with E-state index in [1.54, 1.807) is 11.3 Å². The van der Waals surface area contributed by atoms with Crippen LogP contribution in [-0.2, 0) is 6.54 Å². The Kier molecular flexibility index (Phi) is 5.13. The first-order valence-corrected chi connectivity index (χ1v) is 5.70. The molecule has 0 aliphatic heterocycles. The predicted octanol–water partition coefficient (Wildman–Crippen LogP) is 2.94. The van der Waals surface area contributed by atoms with E-state index in [-0.39, 0.29) is 0 Å². The lowest BCUT2D eigenvalue weighted by atomic mass is 10.3. The maximum atomic E-state index is 5.49. The van der Waals surface area contributed by atoms with Crippen molar-refractivity contribution in [1.82, 2.24) is 5.32 Å². The summed E-state index contributed by atoms with van der Waals surface area (Å²) in [6.07, 6.45) is 4.01. The van der Waals surface area contributed by atoms with Gasteiger partial charge in [0.05, 0.1) is 0 Å². The average molecular weight is 216 g/mol. The first kappa shape index (κ1) is 10.8.